The van der Waals surface area contributed by atoms with E-state index in [1.807, 2.05) is 0 Å². The van der Waals surface area contributed by atoms with E-state index in [0.717, 1.165) is 51.6 Å². The lowest BCUT2D eigenvalue weighted by Gasteiger charge is -2.38. The van der Waals surface area contributed by atoms with Crippen LogP contribution >= 0.6 is 0 Å². The fourth-order valence-electron chi connectivity index (χ4n) is 4.84. The molecule has 0 amide bonds. The Balaban J connectivity index is 1.56. The molecule has 0 spiro atoms. The summed E-state index contributed by atoms with van der Waals surface area (Å²) >= 11 is 0. The maximum absolute atomic E-state index is 11.7. The minimum absolute atomic E-state index is 0.254. The smallest absolute Gasteiger partial charge is 0.320 e. The minimum Gasteiger partial charge on any atom is -0.480 e. The number of aliphatic carboxylic acids is 1. The van der Waals surface area contributed by atoms with Gasteiger partial charge in [-0.15, -0.1) is 0 Å². The highest BCUT2D eigenvalue weighted by atomic mass is 16.4. The van der Waals surface area contributed by atoms with Crippen molar-refractivity contribution >= 4 is 17.3 Å². The number of likely N-dealkylation sites (tertiary alicyclic amines) is 1. The van der Waals surface area contributed by atoms with E-state index in [-0.39, 0.29) is 12.1 Å². The highest BCUT2D eigenvalue weighted by Crippen LogP contribution is 2.36. The maximum Gasteiger partial charge on any atom is 0.320 e. The Morgan fingerprint density at radius 3 is 2.25 bits per heavy atom. The van der Waals surface area contributed by atoms with E-state index < -0.39 is 5.97 Å². The van der Waals surface area contributed by atoms with Crippen molar-refractivity contribution in [1.82, 2.24) is 4.90 Å². The predicted molar refractivity (Wildman–Crippen MR) is 113 cm³/mol. The Kier molecular flexibility index (Phi) is 5.67. The Morgan fingerprint density at radius 1 is 1.04 bits per heavy atom. The molecular formula is C24H30N2O2. The van der Waals surface area contributed by atoms with Gasteiger partial charge in [0.05, 0.1) is 0 Å². The summed E-state index contributed by atoms with van der Waals surface area (Å²) in [6.45, 7) is 3.99. The lowest BCUT2D eigenvalue weighted by molar-refractivity contribution is -0.145. The molecule has 148 valence electrons. The predicted octanol–water partition coefficient (Wildman–Crippen LogP) is 4.64. The monoisotopic (exact) mass is 378 g/mol. The van der Waals surface area contributed by atoms with Gasteiger partial charge in [0.15, 0.2) is 0 Å². The van der Waals surface area contributed by atoms with Crippen molar-refractivity contribution in [2.24, 2.45) is 0 Å². The summed E-state index contributed by atoms with van der Waals surface area (Å²) in [4.78, 5) is 16.4. The summed E-state index contributed by atoms with van der Waals surface area (Å²) in [7, 11) is 0. The van der Waals surface area contributed by atoms with Crippen LogP contribution in [0.15, 0.2) is 48.5 Å². The van der Waals surface area contributed by atoms with Crippen molar-refractivity contribution in [1.29, 1.82) is 0 Å². The number of nitrogens with zero attached hydrogens (tertiary/aromatic N) is 2. The third-order valence-electron chi connectivity index (χ3n) is 6.39. The molecule has 1 fully saturated rings. The highest BCUT2D eigenvalue weighted by molar-refractivity contribution is 5.73. The van der Waals surface area contributed by atoms with Crippen molar-refractivity contribution in [3.05, 3.63) is 59.7 Å². The zero-order valence-electron chi connectivity index (χ0n) is 16.7. The number of piperidine rings is 1. The largest absolute Gasteiger partial charge is 0.480 e. The van der Waals surface area contributed by atoms with Crippen LogP contribution in [0.5, 0.6) is 0 Å². The van der Waals surface area contributed by atoms with E-state index >= 15 is 0 Å². The number of hydrogen-bond acceptors (Lipinski definition) is 3. The number of aryl methyl sites for hydroxylation is 2. The van der Waals surface area contributed by atoms with Gasteiger partial charge in [-0.3, -0.25) is 9.69 Å². The van der Waals surface area contributed by atoms with Crippen LogP contribution in [0.1, 0.15) is 43.7 Å². The van der Waals surface area contributed by atoms with Crippen LogP contribution in [0.4, 0.5) is 11.4 Å². The first kappa shape index (κ1) is 19.0. The molecule has 2 aliphatic heterocycles. The number of benzene rings is 2. The van der Waals surface area contributed by atoms with Crippen molar-refractivity contribution < 1.29 is 9.90 Å². The number of fused-ring (bicyclic) bond motifs is 2. The highest BCUT2D eigenvalue weighted by Gasteiger charge is 2.32. The quantitative estimate of drug-likeness (QED) is 0.823. The number of hydrogen-bond donors (Lipinski definition) is 1. The Labute approximate surface area is 167 Å². The Morgan fingerprint density at radius 2 is 1.64 bits per heavy atom. The van der Waals surface area contributed by atoms with Gasteiger partial charge in [0, 0.05) is 24.0 Å². The molecule has 0 aliphatic carbocycles. The van der Waals surface area contributed by atoms with E-state index in [1.165, 1.54) is 22.5 Å². The van der Waals surface area contributed by atoms with Crippen LogP contribution in [-0.4, -0.2) is 41.1 Å². The molecule has 1 N–H and O–H groups in total. The fourth-order valence-corrected chi connectivity index (χ4v) is 4.84. The Bertz CT molecular complexity index is 787. The van der Waals surface area contributed by atoms with Crippen LogP contribution in [0.25, 0.3) is 0 Å². The molecule has 4 heteroatoms. The lowest BCUT2D eigenvalue weighted by atomic mass is 9.99. The first-order valence-corrected chi connectivity index (χ1v) is 10.6. The van der Waals surface area contributed by atoms with E-state index in [4.69, 9.17) is 0 Å². The molecular weight excluding hydrogens is 348 g/mol. The summed E-state index contributed by atoms with van der Waals surface area (Å²) in [6, 6.07) is 17.3. The summed E-state index contributed by atoms with van der Waals surface area (Å²) in [5, 5.41) is 9.62. The van der Waals surface area contributed by atoms with Gasteiger partial charge in [-0.1, -0.05) is 42.8 Å². The summed E-state index contributed by atoms with van der Waals surface area (Å²) < 4.78 is 0. The second-order valence-electron chi connectivity index (χ2n) is 8.13. The van der Waals surface area contributed by atoms with E-state index in [2.05, 4.69) is 65.3 Å². The SMILES string of the molecule is CC(CCN1c2ccccc2CCc2ccccc21)N1CCCCC1C(=O)O. The maximum atomic E-state index is 11.7. The van der Waals surface area contributed by atoms with Gasteiger partial charge in [0.25, 0.3) is 0 Å². The Hall–Kier alpha value is -2.33. The summed E-state index contributed by atoms with van der Waals surface area (Å²) in [6.07, 6.45) is 5.97. The minimum atomic E-state index is -0.669. The lowest BCUT2D eigenvalue weighted by Crippen LogP contribution is -2.49. The van der Waals surface area contributed by atoms with Crippen molar-refractivity contribution in [2.75, 3.05) is 18.0 Å². The molecule has 2 aliphatic rings. The summed E-state index contributed by atoms with van der Waals surface area (Å²) in [5.41, 5.74) is 5.39. The molecule has 2 unspecified atom stereocenters. The number of carbonyl (C=O) groups is 1. The molecule has 2 aromatic rings. The number of para-hydroxylation sites is 2. The summed E-state index contributed by atoms with van der Waals surface area (Å²) in [5.74, 6) is -0.669. The van der Waals surface area contributed by atoms with Crippen LogP contribution in [-0.2, 0) is 17.6 Å². The van der Waals surface area contributed by atoms with Gasteiger partial charge in [0.2, 0.25) is 0 Å². The number of anilines is 2. The topological polar surface area (TPSA) is 43.8 Å². The van der Waals surface area contributed by atoms with Crippen LogP contribution < -0.4 is 4.90 Å². The van der Waals surface area contributed by atoms with Gasteiger partial charge < -0.3 is 10.0 Å². The first-order chi connectivity index (χ1) is 13.6. The van der Waals surface area contributed by atoms with Gasteiger partial charge in [0.1, 0.15) is 6.04 Å². The van der Waals surface area contributed by atoms with Gasteiger partial charge in [-0.25, -0.2) is 0 Å². The van der Waals surface area contributed by atoms with Gasteiger partial charge in [-0.05, 0) is 68.8 Å². The normalized spacial score (nSPS) is 20.8. The van der Waals surface area contributed by atoms with Crippen LogP contribution in [0.3, 0.4) is 0 Å². The number of carboxylic acids is 1. The third kappa shape index (κ3) is 3.79. The number of carboxylic acid groups (broad SMARTS) is 1. The molecule has 2 aromatic carbocycles. The first-order valence-electron chi connectivity index (χ1n) is 10.6. The van der Waals surface area contributed by atoms with E-state index in [1.54, 1.807) is 0 Å². The standard InChI is InChI=1S/C24H30N2O2/c1-18(25-16-7-6-12-23(25)24(27)28)15-17-26-21-10-4-2-8-19(21)13-14-20-9-3-5-11-22(20)26/h2-5,8-11,18,23H,6-7,12-17H2,1H3,(H,27,28). The number of rotatable bonds is 5. The van der Waals surface area contributed by atoms with Crippen LogP contribution in [0.2, 0.25) is 0 Å². The second kappa shape index (κ2) is 8.36. The molecule has 4 nitrogen and oxygen atoms in total. The van der Waals surface area contributed by atoms with Crippen molar-refractivity contribution in [3.8, 4) is 0 Å². The van der Waals surface area contributed by atoms with E-state index in [9.17, 15) is 9.90 Å². The molecule has 2 heterocycles. The molecule has 0 aromatic heterocycles. The zero-order valence-corrected chi connectivity index (χ0v) is 16.7. The fraction of sp³-hybridized carbons (Fsp3) is 0.458. The molecule has 2 atom stereocenters. The van der Waals surface area contributed by atoms with Crippen molar-refractivity contribution in [3.63, 3.8) is 0 Å². The molecule has 0 radical (unpaired) electrons. The zero-order chi connectivity index (χ0) is 19.5. The third-order valence-corrected chi connectivity index (χ3v) is 6.39. The van der Waals surface area contributed by atoms with Gasteiger partial charge in [-0.2, -0.15) is 0 Å². The molecule has 4 rings (SSSR count). The molecule has 0 saturated carbocycles. The molecule has 28 heavy (non-hydrogen) atoms. The van der Waals surface area contributed by atoms with E-state index in [0.29, 0.717) is 0 Å². The average Bonchev–Trinajstić information content (AvgIpc) is 2.89. The van der Waals surface area contributed by atoms with Crippen molar-refractivity contribution in [2.45, 2.75) is 57.5 Å². The van der Waals surface area contributed by atoms with Gasteiger partial charge >= 0.3 is 5.97 Å². The average molecular weight is 379 g/mol. The molecule has 1 saturated heterocycles. The van der Waals surface area contributed by atoms with Crippen LogP contribution in [0, 0.1) is 0 Å². The molecule has 0 bridgehead atoms. The second-order valence-corrected chi connectivity index (χ2v) is 8.13.